The molecule has 1 aromatic carbocycles. The first-order chi connectivity index (χ1) is 9.13. The van der Waals surface area contributed by atoms with Gasteiger partial charge in [-0.25, -0.2) is 13.8 Å². The predicted molar refractivity (Wildman–Crippen MR) is 70.0 cm³/mol. The molecular formula is C12H8F2N4S. The normalized spacial score (nSPS) is 11.3. The summed E-state index contributed by atoms with van der Waals surface area (Å²) in [7, 11) is 0. The Bertz CT molecular complexity index is 741. The van der Waals surface area contributed by atoms with Crippen molar-refractivity contribution in [3.63, 3.8) is 0 Å². The number of nitrogen functional groups attached to an aromatic ring is 1. The molecule has 0 saturated heterocycles. The number of rotatable bonds is 2. The van der Waals surface area contributed by atoms with Gasteiger partial charge in [0, 0.05) is 11.6 Å². The number of fused-ring (bicyclic) bond motifs is 1. The van der Waals surface area contributed by atoms with E-state index in [-0.39, 0.29) is 5.69 Å². The summed E-state index contributed by atoms with van der Waals surface area (Å²) in [4.78, 5) is 4.85. The van der Waals surface area contributed by atoms with Crippen molar-refractivity contribution in [3.8, 4) is 10.4 Å². The first-order valence-corrected chi connectivity index (χ1v) is 6.22. The van der Waals surface area contributed by atoms with Crippen molar-refractivity contribution in [1.82, 2.24) is 15.2 Å². The van der Waals surface area contributed by atoms with Crippen LogP contribution in [-0.4, -0.2) is 15.2 Å². The molecule has 3 rings (SSSR count). The molecule has 2 heterocycles. The summed E-state index contributed by atoms with van der Waals surface area (Å²) in [5.74, 6) is 0. The molecule has 0 unspecified atom stereocenters. The van der Waals surface area contributed by atoms with Gasteiger partial charge in [-0.2, -0.15) is 5.10 Å². The average Bonchev–Trinajstić information content (AvgIpc) is 2.84. The van der Waals surface area contributed by atoms with Gasteiger partial charge in [0.15, 0.2) is 5.13 Å². The Balaban J connectivity index is 2.13. The SMILES string of the molecule is Nc1ncc(-c2ccc3nnc(C(F)F)cc3c2)s1. The standard InChI is InChI=1S/C12H8F2N4S/c13-11(14)9-4-7-3-6(1-2-8(7)17-18-9)10-5-16-12(15)19-10/h1-5,11H,(H2,15,16). The third-order valence-electron chi connectivity index (χ3n) is 2.64. The molecule has 0 aliphatic rings. The molecule has 0 saturated carbocycles. The molecule has 2 N–H and O–H groups in total. The van der Waals surface area contributed by atoms with Gasteiger partial charge in [-0.15, -0.1) is 5.10 Å². The van der Waals surface area contributed by atoms with Crippen molar-refractivity contribution in [1.29, 1.82) is 0 Å². The van der Waals surface area contributed by atoms with E-state index in [1.165, 1.54) is 17.4 Å². The van der Waals surface area contributed by atoms with Crippen molar-refractivity contribution < 1.29 is 8.78 Å². The molecule has 2 aromatic heterocycles. The fourth-order valence-electron chi connectivity index (χ4n) is 1.74. The number of hydrogen-bond acceptors (Lipinski definition) is 5. The third-order valence-corrected chi connectivity index (χ3v) is 3.51. The number of alkyl halides is 2. The zero-order chi connectivity index (χ0) is 13.4. The van der Waals surface area contributed by atoms with E-state index in [4.69, 9.17) is 5.73 Å². The van der Waals surface area contributed by atoms with Gasteiger partial charge in [0.25, 0.3) is 6.43 Å². The van der Waals surface area contributed by atoms with Crippen molar-refractivity contribution in [2.75, 3.05) is 5.73 Å². The average molecular weight is 278 g/mol. The zero-order valence-corrected chi connectivity index (χ0v) is 10.4. The number of nitrogens with zero attached hydrogens (tertiary/aromatic N) is 3. The largest absolute Gasteiger partial charge is 0.375 e. The molecule has 0 fully saturated rings. The van der Waals surface area contributed by atoms with Crippen molar-refractivity contribution in [3.05, 3.63) is 36.2 Å². The zero-order valence-electron chi connectivity index (χ0n) is 9.55. The van der Waals surface area contributed by atoms with Crippen LogP contribution in [0.25, 0.3) is 21.3 Å². The second-order valence-electron chi connectivity index (χ2n) is 3.91. The topological polar surface area (TPSA) is 64.7 Å². The number of halogens is 2. The molecule has 3 aromatic rings. The Hall–Kier alpha value is -2.15. The Morgan fingerprint density at radius 1 is 1.16 bits per heavy atom. The van der Waals surface area contributed by atoms with Crippen LogP contribution in [0.2, 0.25) is 0 Å². The van der Waals surface area contributed by atoms with Gasteiger partial charge >= 0.3 is 0 Å². The minimum Gasteiger partial charge on any atom is -0.375 e. The summed E-state index contributed by atoms with van der Waals surface area (Å²) in [6.45, 7) is 0. The van der Waals surface area contributed by atoms with Gasteiger partial charge in [-0.05, 0) is 23.8 Å². The highest BCUT2D eigenvalue weighted by Crippen LogP contribution is 2.30. The van der Waals surface area contributed by atoms with Crippen molar-refractivity contribution >= 4 is 27.4 Å². The van der Waals surface area contributed by atoms with E-state index in [1.807, 2.05) is 6.07 Å². The summed E-state index contributed by atoms with van der Waals surface area (Å²) in [5, 5.41) is 8.35. The monoisotopic (exact) mass is 278 g/mol. The summed E-state index contributed by atoms with van der Waals surface area (Å²) in [6.07, 6.45) is -0.969. The van der Waals surface area contributed by atoms with Crippen molar-refractivity contribution in [2.24, 2.45) is 0 Å². The van der Waals surface area contributed by atoms with Crippen LogP contribution >= 0.6 is 11.3 Å². The van der Waals surface area contributed by atoms with Crippen LogP contribution in [-0.2, 0) is 0 Å². The van der Waals surface area contributed by atoms with Gasteiger partial charge in [0.2, 0.25) is 0 Å². The molecule has 0 aliphatic heterocycles. The fourth-order valence-corrected chi connectivity index (χ4v) is 2.42. The highest BCUT2D eigenvalue weighted by atomic mass is 32.1. The summed E-state index contributed by atoms with van der Waals surface area (Å²) in [6, 6.07) is 6.71. The lowest BCUT2D eigenvalue weighted by Gasteiger charge is -2.02. The van der Waals surface area contributed by atoms with Gasteiger partial charge in [-0.3, -0.25) is 0 Å². The lowest BCUT2D eigenvalue weighted by molar-refractivity contribution is 0.145. The number of aromatic nitrogens is 3. The minimum absolute atomic E-state index is 0.325. The smallest absolute Gasteiger partial charge is 0.282 e. The molecule has 7 heteroatoms. The van der Waals surface area contributed by atoms with Crippen LogP contribution in [0, 0.1) is 0 Å². The number of hydrogen-bond donors (Lipinski definition) is 1. The van der Waals surface area contributed by atoms with E-state index < -0.39 is 6.43 Å². The van der Waals surface area contributed by atoms with E-state index in [0.29, 0.717) is 16.0 Å². The molecule has 0 bridgehead atoms. The maximum absolute atomic E-state index is 12.6. The highest BCUT2D eigenvalue weighted by molar-refractivity contribution is 7.18. The fraction of sp³-hybridized carbons (Fsp3) is 0.0833. The van der Waals surface area contributed by atoms with Gasteiger partial charge in [0.05, 0.1) is 10.4 Å². The van der Waals surface area contributed by atoms with Crippen molar-refractivity contribution in [2.45, 2.75) is 6.43 Å². The predicted octanol–water partition coefficient (Wildman–Crippen LogP) is 3.27. The lowest BCUT2D eigenvalue weighted by atomic mass is 10.1. The lowest BCUT2D eigenvalue weighted by Crippen LogP contribution is -1.93. The Labute approximate surface area is 110 Å². The second-order valence-corrected chi connectivity index (χ2v) is 4.97. The van der Waals surface area contributed by atoms with Crippen LogP contribution in [0.5, 0.6) is 0 Å². The summed E-state index contributed by atoms with van der Waals surface area (Å²) >= 11 is 1.34. The number of benzene rings is 1. The molecule has 0 atom stereocenters. The second kappa shape index (κ2) is 4.51. The number of nitrogens with two attached hydrogens (primary N) is 1. The van der Waals surface area contributed by atoms with E-state index >= 15 is 0 Å². The van der Waals surface area contributed by atoms with Gasteiger partial charge < -0.3 is 5.73 Å². The molecular weight excluding hydrogens is 270 g/mol. The van der Waals surface area contributed by atoms with Gasteiger partial charge in [0.1, 0.15) is 5.69 Å². The quantitative estimate of drug-likeness (QED) is 0.781. The molecule has 96 valence electrons. The maximum atomic E-state index is 12.6. The Kier molecular flexibility index (Phi) is 2.83. The first kappa shape index (κ1) is 11.9. The molecule has 0 spiro atoms. The molecule has 0 aliphatic carbocycles. The summed E-state index contributed by atoms with van der Waals surface area (Å²) < 4.78 is 25.2. The minimum atomic E-state index is -2.63. The van der Waals surface area contributed by atoms with Crippen LogP contribution in [0.1, 0.15) is 12.1 Å². The molecule has 19 heavy (non-hydrogen) atoms. The van der Waals surface area contributed by atoms with Crippen LogP contribution in [0.3, 0.4) is 0 Å². The molecule has 0 amide bonds. The third kappa shape index (κ3) is 2.24. The molecule has 0 radical (unpaired) electrons. The number of anilines is 1. The van der Waals surface area contributed by atoms with E-state index in [0.717, 1.165) is 10.4 Å². The van der Waals surface area contributed by atoms with E-state index in [2.05, 4.69) is 15.2 Å². The summed E-state index contributed by atoms with van der Waals surface area (Å²) in [5.41, 5.74) is 6.70. The highest BCUT2D eigenvalue weighted by Gasteiger charge is 2.11. The van der Waals surface area contributed by atoms with Crippen LogP contribution in [0.15, 0.2) is 30.5 Å². The Morgan fingerprint density at radius 2 is 2.00 bits per heavy atom. The molecule has 4 nitrogen and oxygen atoms in total. The van der Waals surface area contributed by atoms with E-state index in [9.17, 15) is 8.78 Å². The number of thiazole rings is 1. The van der Waals surface area contributed by atoms with Crippen LogP contribution in [0.4, 0.5) is 13.9 Å². The van der Waals surface area contributed by atoms with Crippen LogP contribution < -0.4 is 5.73 Å². The maximum Gasteiger partial charge on any atom is 0.282 e. The van der Waals surface area contributed by atoms with Gasteiger partial charge in [-0.1, -0.05) is 17.4 Å². The first-order valence-electron chi connectivity index (χ1n) is 5.41. The van der Waals surface area contributed by atoms with E-state index in [1.54, 1.807) is 18.3 Å². The Morgan fingerprint density at radius 3 is 2.68 bits per heavy atom.